The van der Waals surface area contributed by atoms with E-state index in [-0.39, 0.29) is 0 Å². The topological polar surface area (TPSA) is 0 Å². The lowest BCUT2D eigenvalue weighted by molar-refractivity contribution is 1.09. The van der Waals surface area contributed by atoms with Crippen molar-refractivity contribution in [2.24, 2.45) is 0 Å². The Balaban J connectivity index is -0.000000137. The van der Waals surface area contributed by atoms with Gasteiger partial charge in [-0.1, -0.05) is 57.9 Å². The summed E-state index contributed by atoms with van der Waals surface area (Å²) in [6, 6.07) is 0. The van der Waals surface area contributed by atoms with Crippen molar-refractivity contribution < 1.29 is 0 Å². The molecule has 0 radical (unpaired) electrons. The molecule has 0 spiro atoms. The van der Waals surface area contributed by atoms with Crippen LogP contribution in [0.2, 0.25) is 0 Å². The molecule has 0 saturated carbocycles. The summed E-state index contributed by atoms with van der Waals surface area (Å²) in [5.41, 5.74) is 1.32. The maximum atomic E-state index is 2.12. The molecule has 0 aromatic heterocycles. The molecule has 0 saturated heterocycles. The SMILES string of the molecule is C/C=C\C(C)=C/C.CC.CCC. The summed E-state index contributed by atoms with van der Waals surface area (Å²) in [6.45, 7) is 14.4. The molecule has 0 heterocycles. The van der Waals surface area contributed by atoms with Gasteiger partial charge in [0.05, 0.1) is 0 Å². The van der Waals surface area contributed by atoms with Crippen LogP contribution in [0.3, 0.4) is 0 Å². The summed E-state index contributed by atoms with van der Waals surface area (Å²) in [5, 5.41) is 0. The van der Waals surface area contributed by atoms with Gasteiger partial charge in [0.2, 0.25) is 0 Å². The van der Waals surface area contributed by atoms with E-state index in [4.69, 9.17) is 0 Å². The van der Waals surface area contributed by atoms with Gasteiger partial charge in [0.1, 0.15) is 0 Å². The van der Waals surface area contributed by atoms with E-state index in [1.54, 1.807) is 0 Å². The summed E-state index contributed by atoms with van der Waals surface area (Å²) < 4.78 is 0. The van der Waals surface area contributed by atoms with Crippen molar-refractivity contribution in [2.75, 3.05) is 0 Å². The molecule has 0 aromatic rings. The molecule has 0 fully saturated rings. The Kier molecular flexibility index (Phi) is 32.8. The summed E-state index contributed by atoms with van der Waals surface area (Å²) in [6.07, 6.45) is 7.45. The molecule has 0 aliphatic heterocycles. The molecular weight excluding hydrogens is 144 g/mol. The third-order valence-corrected chi connectivity index (χ3v) is 0.885. The summed E-state index contributed by atoms with van der Waals surface area (Å²) in [5.74, 6) is 0. The lowest BCUT2D eigenvalue weighted by atomic mass is 10.3. The minimum atomic E-state index is 1.25. The Morgan fingerprint density at radius 3 is 1.50 bits per heavy atom. The van der Waals surface area contributed by atoms with Gasteiger partial charge in [0.15, 0.2) is 0 Å². The Hall–Kier alpha value is -0.520. The van der Waals surface area contributed by atoms with E-state index in [2.05, 4.69) is 32.9 Å². The molecule has 0 unspecified atom stereocenters. The van der Waals surface area contributed by atoms with Crippen molar-refractivity contribution in [3.05, 3.63) is 23.8 Å². The average molecular weight is 170 g/mol. The maximum absolute atomic E-state index is 2.12. The first kappa shape index (κ1) is 17.5. The van der Waals surface area contributed by atoms with Crippen LogP contribution in [0.5, 0.6) is 0 Å². The molecular formula is C12H26. The zero-order chi connectivity index (χ0) is 10.4. The van der Waals surface area contributed by atoms with Gasteiger partial charge in [-0.2, -0.15) is 0 Å². The Morgan fingerprint density at radius 2 is 1.42 bits per heavy atom. The third kappa shape index (κ3) is 34.0. The van der Waals surface area contributed by atoms with Gasteiger partial charge < -0.3 is 0 Å². The van der Waals surface area contributed by atoms with E-state index >= 15 is 0 Å². The monoisotopic (exact) mass is 170 g/mol. The highest BCUT2D eigenvalue weighted by Gasteiger charge is 1.69. The molecule has 0 aromatic carbocycles. The Bertz CT molecular complexity index is 96.6. The van der Waals surface area contributed by atoms with Crippen LogP contribution in [-0.2, 0) is 0 Å². The molecule has 0 rings (SSSR count). The van der Waals surface area contributed by atoms with Gasteiger partial charge in [0, 0.05) is 0 Å². The third-order valence-electron chi connectivity index (χ3n) is 0.885. The lowest BCUT2D eigenvalue weighted by Crippen LogP contribution is -1.60. The predicted octanol–water partition coefficient (Wildman–Crippen LogP) is 4.97. The minimum absolute atomic E-state index is 1.25. The fraction of sp³-hybridized carbons (Fsp3) is 0.667. The quantitative estimate of drug-likeness (QED) is 0.487. The first-order valence-corrected chi connectivity index (χ1v) is 4.98. The Morgan fingerprint density at radius 1 is 1.08 bits per heavy atom. The maximum Gasteiger partial charge on any atom is -0.0401 e. The van der Waals surface area contributed by atoms with Gasteiger partial charge in [-0.3, -0.25) is 0 Å². The second-order valence-corrected chi connectivity index (χ2v) is 2.24. The number of hydrogen-bond donors (Lipinski definition) is 0. The van der Waals surface area contributed by atoms with Crippen molar-refractivity contribution in [3.8, 4) is 0 Å². The molecule has 74 valence electrons. The van der Waals surface area contributed by atoms with E-state index in [0.717, 1.165) is 0 Å². The number of hydrogen-bond acceptors (Lipinski definition) is 0. The second kappa shape index (κ2) is 22.4. The van der Waals surface area contributed by atoms with Crippen LogP contribution >= 0.6 is 0 Å². The standard InChI is InChI=1S/C7H12.C3H8.C2H6/c1-4-6-7(3)5-2;1-3-2;1-2/h4-6H,1-3H3;3H2,1-2H3;1-2H3/b6-4-,7-5-;;. The molecule has 0 heteroatoms. The molecule has 12 heavy (non-hydrogen) atoms. The molecule has 0 bridgehead atoms. The fourth-order valence-corrected chi connectivity index (χ4v) is 0.359. The molecule has 0 aliphatic rings. The molecule has 0 amide bonds. The molecule has 0 aliphatic carbocycles. The van der Waals surface area contributed by atoms with Crippen molar-refractivity contribution in [1.29, 1.82) is 0 Å². The van der Waals surface area contributed by atoms with Crippen LogP contribution in [0, 0.1) is 0 Å². The van der Waals surface area contributed by atoms with Crippen molar-refractivity contribution in [3.63, 3.8) is 0 Å². The minimum Gasteiger partial charge on any atom is -0.0874 e. The van der Waals surface area contributed by atoms with Crippen molar-refractivity contribution >= 4 is 0 Å². The lowest BCUT2D eigenvalue weighted by Gasteiger charge is -1.81. The zero-order valence-corrected chi connectivity index (χ0v) is 9.94. The van der Waals surface area contributed by atoms with Crippen molar-refractivity contribution in [2.45, 2.75) is 54.9 Å². The predicted molar refractivity (Wildman–Crippen MR) is 61.6 cm³/mol. The summed E-state index contributed by atoms with van der Waals surface area (Å²) >= 11 is 0. The highest BCUT2D eigenvalue weighted by atomic mass is 13.8. The first-order valence-electron chi connectivity index (χ1n) is 4.98. The van der Waals surface area contributed by atoms with Gasteiger partial charge >= 0.3 is 0 Å². The average Bonchev–Trinajstić information content (AvgIpc) is 2.10. The van der Waals surface area contributed by atoms with E-state index in [1.807, 2.05) is 33.8 Å². The van der Waals surface area contributed by atoms with Gasteiger partial charge in [-0.25, -0.2) is 0 Å². The normalized spacial score (nSPS) is 9.75. The van der Waals surface area contributed by atoms with E-state index < -0.39 is 0 Å². The fourth-order valence-electron chi connectivity index (χ4n) is 0.359. The van der Waals surface area contributed by atoms with E-state index in [0.29, 0.717) is 0 Å². The van der Waals surface area contributed by atoms with Gasteiger partial charge in [0.25, 0.3) is 0 Å². The molecule has 0 atom stereocenters. The van der Waals surface area contributed by atoms with Crippen LogP contribution < -0.4 is 0 Å². The van der Waals surface area contributed by atoms with E-state index in [1.165, 1.54) is 12.0 Å². The molecule has 0 N–H and O–H groups in total. The largest absolute Gasteiger partial charge is 0.0874 e. The zero-order valence-electron chi connectivity index (χ0n) is 9.94. The van der Waals surface area contributed by atoms with Crippen LogP contribution in [0.25, 0.3) is 0 Å². The second-order valence-electron chi connectivity index (χ2n) is 2.24. The smallest absolute Gasteiger partial charge is 0.0401 e. The van der Waals surface area contributed by atoms with E-state index in [9.17, 15) is 0 Å². The summed E-state index contributed by atoms with van der Waals surface area (Å²) in [7, 11) is 0. The van der Waals surface area contributed by atoms with Crippen LogP contribution in [0.4, 0.5) is 0 Å². The molecule has 0 nitrogen and oxygen atoms in total. The highest BCUT2D eigenvalue weighted by molar-refractivity contribution is 5.13. The van der Waals surface area contributed by atoms with Crippen molar-refractivity contribution in [1.82, 2.24) is 0 Å². The van der Waals surface area contributed by atoms with Crippen LogP contribution in [0.15, 0.2) is 23.8 Å². The van der Waals surface area contributed by atoms with Gasteiger partial charge in [-0.15, -0.1) is 0 Å². The number of allylic oxidation sites excluding steroid dienone is 4. The van der Waals surface area contributed by atoms with Gasteiger partial charge in [-0.05, 0) is 20.8 Å². The highest BCUT2D eigenvalue weighted by Crippen LogP contribution is 1.91. The Labute approximate surface area is 79.4 Å². The number of rotatable bonds is 1. The summed E-state index contributed by atoms with van der Waals surface area (Å²) in [4.78, 5) is 0. The van der Waals surface area contributed by atoms with Crippen LogP contribution in [0.1, 0.15) is 54.9 Å². The first-order chi connectivity index (χ1) is 5.72. The van der Waals surface area contributed by atoms with Crippen LogP contribution in [-0.4, -0.2) is 0 Å².